The van der Waals surface area contributed by atoms with Gasteiger partial charge in [-0.05, 0) is 42.5 Å². The molecule has 0 radical (unpaired) electrons. The van der Waals surface area contributed by atoms with Crippen LogP contribution in [0.5, 0.6) is 11.5 Å². The van der Waals surface area contributed by atoms with Crippen molar-refractivity contribution in [2.24, 2.45) is 5.73 Å². The van der Waals surface area contributed by atoms with Crippen molar-refractivity contribution in [3.05, 3.63) is 23.3 Å². The quantitative estimate of drug-likeness (QED) is 0.837. The minimum atomic E-state index is -0.157. The third kappa shape index (κ3) is 3.59. The SMILES string of the molecule is CCCNC(=O)N1CCc2cc(OC)c(OC)cc2[C@H]1[C@H](N)CC. The molecular formula is C18H29N3O3. The maximum absolute atomic E-state index is 12.6. The van der Waals surface area contributed by atoms with Crippen molar-refractivity contribution in [3.63, 3.8) is 0 Å². The lowest BCUT2D eigenvalue weighted by atomic mass is 9.87. The number of hydrogen-bond donors (Lipinski definition) is 2. The lowest BCUT2D eigenvalue weighted by Crippen LogP contribution is -2.51. The number of rotatable bonds is 6. The van der Waals surface area contributed by atoms with E-state index in [0.29, 0.717) is 24.6 Å². The van der Waals surface area contributed by atoms with E-state index < -0.39 is 0 Å². The zero-order valence-corrected chi connectivity index (χ0v) is 15.1. The van der Waals surface area contributed by atoms with Crippen LogP contribution in [0.2, 0.25) is 0 Å². The first-order chi connectivity index (χ1) is 11.6. The highest BCUT2D eigenvalue weighted by Crippen LogP contribution is 2.39. The van der Waals surface area contributed by atoms with Crippen molar-refractivity contribution in [2.45, 2.75) is 45.2 Å². The predicted molar refractivity (Wildman–Crippen MR) is 94.7 cm³/mol. The summed E-state index contributed by atoms with van der Waals surface area (Å²) >= 11 is 0. The summed E-state index contributed by atoms with van der Waals surface area (Å²) in [6.07, 6.45) is 2.48. The van der Waals surface area contributed by atoms with E-state index in [2.05, 4.69) is 5.32 Å². The summed E-state index contributed by atoms with van der Waals surface area (Å²) in [6, 6.07) is 3.63. The molecule has 1 aliphatic rings. The molecule has 1 aromatic rings. The standard InChI is InChI=1S/C18H29N3O3/c1-5-8-20-18(22)21-9-7-12-10-15(23-3)16(24-4)11-13(12)17(21)14(19)6-2/h10-11,14,17H,5-9,19H2,1-4H3,(H,20,22)/t14-,17+/m1/s1. The topological polar surface area (TPSA) is 76.8 Å². The number of urea groups is 1. The molecule has 1 aromatic carbocycles. The monoisotopic (exact) mass is 335 g/mol. The van der Waals surface area contributed by atoms with E-state index in [1.165, 1.54) is 5.56 Å². The first-order valence-electron chi connectivity index (χ1n) is 8.62. The number of amides is 2. The van der Waals surface area contributed by atoms with Gasteiger partial charge in [0.2, 0.25) is 0 Å². The molecule has 0 unspecified atom stereocenters. The highest BCUT2D eigenvalue weighted by molar-refractivity contribution is 5.75. The van der Waals surface area contributed by atoms with Crippen LogP contribution in [-0.4, -0.2) is 44.3 Å². The fourth-order valence-corrected chi connectivity index (χ4v) is 3.22. The minimum Gasteiger partial charge on any atom is -0.493 e. The summed E-state index contributed by atoms with van der Waals surface area (Å²) in [4.78, 5) is 14.4. The number of methoxy groups -OCH3 is 2. The number of fused-ring (bicyclic) bond motifs is 1. The molecular weight excluding hydrogens is 306 g/mol. The molecule has 1 aliphatic heterocycles. The number of benzene rings is 1. The fourth-order valence-electron chi connectivity index (χ4n) is 3.22. The van der Waals surface area contributed by atoms with Gasteiger partial charge in [0.25, 0.3) is 0 Å². The van der Waals surface area contributed by atoms with Gasteiger partial charge in [0.05, 0.1) is 20.3 Å². The van der Waals surface area contributed by atoms with E-state index in [1.807, 2.05) is 30.9 Å². The fraction of sp³-hybridized carbons (Fsp3) is 0.611. The van der Waals surface area contributed by atoms with Crippen molar-refractivity contribution in [1.29, 1.82) is 0 Å². The second-order valence-corrected chi connectivity index (χ2v) is 6.10. The van der Waals surface area contributed by atoms with Crippen molar-refractivity contribution in [2.75, 3.05) is 27.3 Å². The largest absolute Gasteiger partial charge is 0.493 e. The van der Waals surface area contributed by atoms with E-state index in [4.69, 9.17) is 15.2 Å². The maximum Gasteiger partial charge on any atom is 0.317 e. The zero-order valence-electron chi connectivity index (χ0n) is 15.1. The molecule has 0 saturated carbocycles. The first kappa shape index (κ1) is 18.4. The summed E-state index contributed by atoms with van der Waals surface area (Å²) in [6.45, 7) is 5.40. The van der Waals surface area contributed by atoms with Gasteiger partial charge in [0, 0.05) is 19.1 Å². The van der Waals surface area contributed by atoms with E-state index in [0.717, 1.165) is 24.8 Å². The third-order valence-corrected chi connectivity index (χ3v) is 4.59. The molecule has 24 heavy (non-hydrogen) atoms. The summed E-state index contributed by atoms with van der Waals surface area (Å²) in [7, 11) is 3.25. The summed E-state index contributed by atoms with van der Waals surface area (Å²) in [5.41, 5.74) is 8.61. The molecule has 1 heterocycles. The lowest BCUT2D eigenvalue weighted by molar-refractivity contribution is 0.156. The number of nitrogens with zero attached hydrogens (tertiary/aromatic N) is 1. The van der Waals surface area contributed by atoms with E-state index in [9.17, 15) is 4.79 Å². The van der Waals surface area contributed by atoms with Gasteiger partial charge in [-0.3, -0.25) is 0 Å². The minimum absolute atomic E-state index is 0.0498. The summed E-state index contributed by atoms with van der Waals surface area (Å²) in [5.74, 6) is 1.38. The average Bonchev–Trinajstić information content (AvgIpc) is 2.62. The smallest absolute Gasteiger partial charge is 0.317 e. The van der Waals surface area contributed by atoms with Gasteiger partial charge in [-0.1, -0.05) is 13.8 Å². The van der Waals surface area contributed by atoms with Gasteiger partial charge in [-0.25, -0.2) is 4.79 Å². The average molecular weight is 335 g/mol. The predicted octanol–water partition coefficient (Wildman–Crippen LogP) is 2.46. The van der Waals surface area contributed by atoms with Crippen LogP contribution in [0.25, 0.3) is 0 Å². The highest BCUT2D eigenvalue weighted by atomic mass is 16.5. The molecule has 3 N–H and O–H groups in total. The third-order valence-electron chi connectivity index (χ3n) is 4.59. The van der Waals surface area contributed by atoms with Gasteiger partial charge in [0.1, 0.15) is 0 Å². The second-order valence-electron chi connectivity index (χ2n) is 6.10. The van der Waals surface area contributed by atoms with Gasteiger partial charge in [-0.15, -0.1) is 0 Å². The van der Waals surface area contributed by atoms with Crippen LogP contribution in [-0.2, 0) is 6.42 Å². The Hall–Kier alpha value is -1.95. The maximum atomic E-state index is 12.6. The molecule has 0 bridgehead atoms. The Balaban J connectivity index is 2.42. The van der Waals surface area contributed by atoms with Crippen molar-refractivity contribution in [3.8, 4) is 11.5 Å². The van der Waals surface area contributed by atoms with Crippen molar-refractivity contribution in [1.82, 2.24) is 10.2 Å². The Bertz CT molecular complexity index is 577. The van der Waals surface area contributed by atoms with E-state index >= 15 is 0 Å². The van der Waals surface area contributed by atoms with Crippen molar-refractivity contribution >= 4 is 6.03 Å². The molecule has 6 nitrogen and oxygen atoms in total. The number of carbonyl (C=O) groups is 1. The summed E-state index contributed by atoms with van der Waals surface area (Å²) in [5, 5.41) is 2.97. The number of carbonyl (C=O) groups excluding carboxylic acids is 1. The Morgan fingerprint density at radius 2 is 2.00 bits per heavy atom. The molecule has 6 heteroatoms. The zero-order chi connectivity index (χ0) is 17.7. The molecule has 0 aromatic heterocycles. The first-order valence-corrected chi connectivity index (χ1v) is 8.62. The molecule has 0 aliphatic carbocycles. The molecule has 0 spiro atoms. The molecule has 0 saturated heterocycles. The van der Waals surface area contributed by atoms with Gasteiger partial charge < -0.3 is 25.4 Å². The molecule has 2 amide bonds. The second kappa shape index (κ2) is 8.24. The van der Waals surface area contributed by atoms with E-state index in [-0.39, 0.29) is 18.1 Å². The number of hydrogen-bond acceptors (Lipinski definition) is 4. The Morgan fingerprint density at radius 1 is 1.33 bits per heavy atom. The molecule has 2 atom stereocenters. The normalized spacial score (nSPS) is 17.9. The van der Waals surface area contributed by atoms with Gasteiger partial charge in [0.15, 0.2) is 11.5 Å². The number of nitrogens with two attached hydrogens (primary N) is 1. The Kier molecular flexibility index (Phi) is 6.31. The van der Waals surface area contributed by atoms with Crippen LogP contribution in [0.1, 0.15) is 43.9 Å². The Labute approximate surface area is 144 Å². The van der Waals surface area contributed by atoms with Gasteiger partial charge >= 0.3 is 6.03 Å². The van der Waals surface area contributed by atoms with Crippen LogP contribution in [0.4, 0.5) is 4.79 Å². The van der Waals surface area contributed by atoms with Crippen LogP contribution in [0.15, 0.2) is 12.1 Å². The van der Waals surface area contributed by atoms with E-state index in [1.54, 1.807) is 14.2 Å². The number of ether oxygens (including phenoxy) is 2. The molecule has 0 fully saturated rings. The highest BCUT2D eigenvalue weighted by Gasteiger charge is 2.35. The van der Waals surface area contributed by atoms with Crippen LogP contribution in [0.3, 0.4) is 0 Å². The number of nitrogens with one attached hydrogen (secondary N) is 1. The summed E-state index contributed by atoms with van der Waals surface area (Å²) < 4.78 is 10.8. The molecule has 134 valence electrons. The van der Waals surface area contributed by atoms with Crippen LogP contribution < -0.4 is 20.5 Å². The molecule has 2 rings (SSSR count). The van der Waals surface area contributed by atoms with Crippen LogP contribution in [0, 0.1) is 0 Å². The van der Waals surface area contributed by atoms with Gasteiger partial charge in [-0.2, -0.15) is 0 Å². The Morgan fingerprint density at radius 3 is 2.58 bits per heavy atom. The van der Waals surface area contributed by atoms with Crippen LogP contribution >= 0.6 is 0 Å². The van der Waals surface area contributed by atoms with Crippen molar-refractivity contribution < 1.29 is 14.3 Å². The lowest BCUT2D eigenvalue weighted by Gasteiger charge is -2.40.